The van der Waals surface area contributed by atoms with Crippen molar-refractivity contribution in [2.45, 2.75) is 18.5 Å². The molecule has 0 unspecified atom stereocenters. The molecule has 3 aromatic rings. The standard InChI is InChI=1S/C22H16F3NO/c1-21(15-11-13-16(14-12-15)22(23,24)25)18-9-5-6-10-19(18)26(20(21)27)17-7-3-2-4-8-17/h2-14H,1H3/t21-/m1/s1. The lowest BCUT2D eigenvalue weighted by Crippen LogP contribution is -2.36. The van der Waals surface area contributed by atoms with Gasteiger partial charge in [0.25, 0.3) is 0 Å². The molecule has 1 amide bonds. The fourth-order valence-electron chi connectivity index (χ4n) is 3.64. The van der Waals surface area contributed by atoms with Crippen LogP contribution in [0.2, 0.25) is 0 Å². The summed E-state index contributed by atoms with van der Waals surface area (Å²) in [5, 5.41) is 0. The average molecular weight is 367 g/mol. The quantitative estimate of drug-likeness (QED) is 0.570. The third-order valence-electron chi connectivity index (χ3n) is 5.12. The normalized spacial score (nSPS) is 19.3. The molecule has 0 bridgehead atoms. The molecule has 136 valence electrons. The van der Waals surface area contributed by atoms with Gasteiger partial charge < -0.3 is 0 Å². The number of carbonyl (C=O) groups excluding carboxylic acids is 1. The number of para-hydroxylation sites is 2. The van der Waals surface area contributed by atoms with Crippen LogP contribution in [-0.4, -0.2) is 5.91 Å². The first-order valence-electron chi connectivity index (χ1n) is 8.50. The minimum atomic E-state index is -4.41. The Kier molecular flexibility index (Phi) is 3.84. The molecule has 5 heteroatoms. The molecule has 1 heterocycles. The Bertz CT molecular complexity index is 996. The summed E-state index contributed by atoms with van der Waals surface area (Å²) in [6.45, 7) is 1.76. The van der Waals surface area contributed by atoms with Gasteiger partial charge >= 0.3 is 6.18 Å². The van der Waals surface area contributed by atoms with Crippen LogP contribution in [0.4, 0.5) is 24.5 Å². The van der Waals surface area contributed by atoms with E-state index in [1.165, 1.54) is 12.1 Å². The maximum absolute atomic E-state index is 13.5. The largest absolute Gasteiger partial charge is 0.416 e. The number of amides is 1. The molecule has 27 heavy (non-hydrogen) atoms. The number of hydrogen-bond acceptors (Lipinski definition) is 1. The average Bonchev–Trinajstić information content (AvgIpc) is 2.90. The summed E-state index contributed by atoms with van der Waals surface area (Å²) in [6, 6.07) is 21.5. The Labute approximate surface area is 154 Å². The Morgan fingerprint density at radius 3 is 2.04 bits per heavy atom. The minimum absolute atomic E-state index is 0.186. The first-order chi connectivity index (χ1) is 12.8. The number of rotatable bonds is 2. The van der Waals surface area contributed by atoms with E-state index in [2.05, 4.69) is 0 Å². The summed E-state index contributed by atoms with van der Waals surface area (Å²) >= 11 is 0. The van der Waals surface area contributed by atoms with Crippen molar-refractivity contribution in [3.63, 3.8) is 0 Å². The van der Waals surface area contributed by atoms with E-state index < -0.39 is 17.2 Å². The van der Waals surface area contributed by atoms with Gasteiger partial charge in [-0.3, -0.25) is 9.69 Å². The van der Waals surface area contributed by atoms with Gasteiger partial charge in [-0.2, -0.15) is 13.2 Å². The van der Waals surface area contributed by atoms with E-state index in [0.29, 0.717) is 5.56 Å². The van der Waals surface area contributed by atoms with Crippen molar-refractivity contribution in [3.8, 4) is 0 Å². The number of nitrogens with zero attached hydrogens (tertiary/aromatic N) is 1. The van der Waals surface area contributed by atoms with Crippen molar-refractivity contribution < 1.29 is 18.0 Å². The van der Waals surface area contributed by atoms with E-state index in [-0.39, 0.29) is 5.91 Å². The predicted molar refractivity (Wildman–Crippen MR) is 97.9 cm³/mol. The number of alkyl halides is 3. The number of hydrogen-bond donors (Lipinski definition) is 0. The van der Waals surface area contributed by atoms with E-state index in [4.69, 9.17) is 0 Å². The smallest absolute Gasteiger partial charge is 0.280 e. The summed E-state index contributed by atoms with van der Waals surface area (Å²) in [5.74, 6) is -0.186. The molecular formula is C22H16F3NO. The summed E-state index contributed by atoms with van der Waals surface area (Å²) in [7, 11) is 0. The Hall–Kier alpha value is -3.08. The van der Waals surface area contributed by atoms with E-state index in [9.17, 15) is 18.0 Å². The lowest BCUT2D eigenvalue weighted by Gasteiger charge is -2.25. The molecule has 1 atom stereocenters. The van der Waals surface area contributed by atoms with Gasteiger partial charge in [-0.1, -0.05) is 48.5 Å². The first-order valence-corrected chi connectivity index (χ1v) is 8.50. The van der Waals surface area contributed by atoms with Crippen molar-refractivity contribution in [3.05, 3.63) is 95.6 Å². The van der Waals surface area contributed by atoms with Crippen LogP contribution >= 0.6 is 0 Å². The highest BCUT2D eigenvalue weighted by Gasteiger charge is 2.49. The first kappa shape index (κ1) is 17.3. The number of benzene rings is 3. The van der Waals surface area contributed by atoms with Crippen LogP contribution in [0.5, 0.6) is 0 Å². The van der Waals surface area contributed by atoms with Crippen LogP contribution in [0.3, 0.4) is 0 Å². The van der Waals surface area contributed by atoms with Crippen molar-refractivity contribution in [2.75, 3.05) is 4.90 Å². The van der Waals surface area contributed by atoms with Gasteiger partial charge in [-0.25, -0.2) is 0 Å². The minimum Gasteiger partial charge on any atom is -0.280 e. The summed E-state index contributed by atoms with van der Waals surface area (Å²) in [5.41, 5.74) is 0.997. The molecule has 1 aliphatic rings. The zero-order valence-electron chi connectivity index (χ0n) is 14.5. The molecule has 4 rings (SSSR count). The van der Waals surface area contributed by atoms with Gasteiger partial charge in [0.1, 0.15) is 0 Å². The van der Waals surface area contributed by atoms with Crippen LogP contribution in [0.15, 0.2) is 78.9 Å². The topological polar surface area (TPSA) is 20.3 Å². The SMILES string of the molecule is C[C@]1(c2ccc(C(F)(F)F)cc2)C(=O)N(c2ccccc2)c2ccccc21. The molecule has 0 N–H and O–H groups in total. The molecule has 0 fully saturated rings. The molecule has 0 aliphatic carbocycles. The van der Waals surface area contributed by atoms with Crippen molar-refractivity contribution in [2.24, 2.45) is 0 Å². The third kappa shape index (κ3) is 2.62. The van der Waals surface area contributed by atoms with Gasteiger partial charge in [0.05, 0.1) is 16.7 Å². The van der Waals surface area contributed by atoms with Crippen LogP contribution in [0.25, 0.3) is 0 Å². The Morgan fingerprint density at radius 1 is 0.815 bits per heavy atom. The second-order valence-corrected chi connectivity index (χ2v) is 6.69. The van der Waals surface area contributed by atoms with Crippen molar-refractivity contribution in [1.29, 1.82) is 0 Å². The van der Waals surface area contributed by atoms with E-state index >= 15 is 0 Å². The molecule has 0 spiro atoms. The van der Waals surface area contributed by atoms with Gasteiger partial charge in [0.2, 0.25) is 5.91 Å². The van der Waals surface area contributed by atoms with Crippen molar-refractivity contribution in [1.82, 2.24) is 0 Å². The van der Waals surface area contributed by atoms with Gasteiger partial charge in [0.15, 0.2) is 0 Å². The van der Waals surface area contributed by atoms with Crippen LogP contribution in [0, 0.1) is 0 Å². The Balaban J connectivity index is 1.87. The fourth-order valence-corrected chi connectivity index (χ4v) is 3.64. The molecule has 0 saturated heterocycles. The summed E-state index contributed by atoms with van der Waals surface area (Å²) in [4.78, 5) is 15.1. The fraction of sp³-hybridized carbons (Fsp3) is 0.136. The number of anilines is 2. The van der Waals surface area contributed by atoms with Gasteiger partial charge in [0, 0.05) is 5.69 Å². The predicted octanol–water partition coefficient (Wildman–Crippen LogP) is 5.69. The number of fused-ring (bicyclic) bond motifs is 1. The highest BCUT2D eigenvalue weighted by atomic mass is 19.4. The summed E-state index contributed by atoms with van der Waals surface area (Å²) < 4.78 is 38.7. The molecule has 0 saturated carbocycles. The second-order valence-electron chi connectivity index (χ2n) is 6.69. The molecular weight excluding hydrogens is 351 g/mol. The number of halogens is 3. The van der Waals surface area contributed by atoms with E-state index in [1.54, 1.807) is 11.8 Å². The van der Waals surface area contributed by atoms with Crippen molar-refractivity contribution >= 4 is 17.3 Å². The maximum atomic E-state index is 13.5. The van der Waals surface area contributed by atoms with Gasteiger partial charge in [-0.15, -0.1) is 0 Å². The van der Waals surface area contributed by atoms with Gasteiger partial charge in [-0.05, 0) is 48.4 Å². The van der Waals surface area contributed by atoms with Crippen LogP contribution in [0.1, 0.15) is 23.6 Å². The molecule has 2 nitrogen and oxygen atoms in total. The molecule has 1 aliphatic heterocycles. The summed E-state index contributed by atoms with van der Waals surface area (Å²) in [6.07, 6.45) is -4.41. The molecule has 0 aromatic heterocycles. The molecule has 3 aromatic carbocycles. The highest BCUT2D eigenvalue weighted by Crippen LogP contribution is 2.49. The lowest BCUT2D eigenvalue weighted by atomic mass is 9.77. The zero-order valence-corrected chi connectivity index (χ0v) is 14.5. The second kappa shape index (κ2) is 5.98. The monoisotopic (exact) mass is 367 g/mol. The van der Waals surface area contributed by atoms with Crippen LogP contribution in [-0.2, 0) is 16.4 Å². The highest BCUT2D eigenvalue weighted by molar-refractivity contribution is 6.14. The zero-order chi connectivity index (χ0) is 19.2. The third-order valence-corrected chi connectivity index (χ3v) is 5.12. The lowest BCUT2D eigenvalue weighted by molar-refractivity contribution is -0.137. The van der Waals surface area contributed by atoms with E-state index in [1.807, 2.05) is 54.6 Å². The number of carbonyl (C=O) groups is 1. The Morgan fingerprint density at radius 2 is 1.41 bits per heavy atom. The van der Waals surface area contributed by atoms with E-state index in [0.717, 1.165) is 29.1 Å². The van der Waals surface area contributed by atoms with Crippen LogP contribution < -0.4 is 4.90 Å². The molecule has 0 radical (unpaired) electrons. The maximum Gasteiger partial charge on any atom is 0.416 e.